The van der Waals surface area contributed by atoms with Gasteiger partial charge in [0.15, 0.2) is 0 Å². The lowest BCUT2D eigenvalue weighted by molar-refractivity contribution is -0.171. The van der Waals surface area contributed by atoms with E-state index >= 15 is 0 Å². The van der Waals surface area contributed by atoms with Crippen LogP contribution in [-0.2, 0) is 16.1 Å². The molecular formula is C19H25NO2. The molecule has 1 aromatic rings. The van der Waals surface area contributed by atoms with Gasteiger partial charge in [-0.15, -0.1) is 0 Å². The smallest absolute Gasteiger partial charge is 0.311 e. The fraction of sp³-hybridized carbons (Fsp3) is 0.632. The molecule has 22 heavy (non-hydrogen) atoms. The number of hydrogen-bond donors (Lipinski definition) is 1. The second kappa shape index (κ2) is 5.38. The maximum absolute atomic E-state index is 12.3. The number of benzene rings is 1. The maximum atomic E-state index is 12.3. The largest absolute Gasteiger partial charge is 0.469 e. The van der Waals surface area contributed by atoms with E-state index in [1.54, 1.807) is 7.11 Å². The average Bonchev–Trinajstić information content (AvgIpc) is 2.54. The number of methoxy groups -OCH3 is 1. The lowest BCUT2D eigenvalue weighted by Crippen LogP contribution is -2.60. The molecule has 0 aromatic heterocycles. The summed E-state index contributed by atoms with van der Waals surface area (Å²) >= 11 is 0. The van der Waals surface area contributed by atoms with Gasteiger partial charge in [0.2, 0.25) is 0 Å². The summed E-state index contributed by atoms with van der Waals surface area (Å²) in [6.07, 6.45) is 5.71. The van der Waals surface area contributed by atoms with Gasteiger partial charge in [-0.1, -0.05) is 30.3 Å². The Morgan fingerprint density at radius 2 is 1.86 bits per heavy atom. The summed E-state index contributed by atoms with van der Waals surface area (Å²) in [4.78, 5) is 12.3. The number of rotatable bonds is 4. The van der Waals surface area contributed by atoms with Gasteiger partial charge in [0.1, 0.15) is 0 Å². The van der Waals surface area contributed by atoms with Crippen molar-refractivity contribution in [1.82, 2.24) is 5.32 Å². The fourth-order valence-electron chi connectivity index (χ4n) is 5.66. The molecule has 1 N–H and O–H groups in total. The highest BCUT2D eigenvalue weighted by atomic mass is 16.5. The minimum atomic E-state index is -0.157. The Morgan fingerprint density at radius 1 is 1.18 bits per heavy atom. The van der Waals surface area contributed by atoms with E-state index in [1.807, 2.05) is 0 Å². The van der Waals surface area contributed by atoms with Crippen molar-refractivity contribution in [3.05, 3.63) is 35.9 Å². The third kappa shape index (κ3) is 2.26. The monoisotopic (exact) mass is 299 g/mol. The Labute approximate surface area is 132 Å². The van der Waals surface area contributed by atoms with E-state index in [-0.39, 0.29) is 11.4 Å². The number of esters is 1. The molecule has 3 heteroatoms. The minimum Gasteiger partial charge on any atom is -0.469 e. The molecule has 1 aromatic carbocycles. The van der Waals surface area contributed by atoms with Crippen LogP contribution in [0.5, 0.6) is 0 Å². The molecule has 4 aliphatic carbocycles. The lowest BCUT2D eigenvalue weighted by Gasteiger charge is -2.58. The van der Waals surface area contributed by atoms with Crippen LogP contribution in [-0.4, -0.2) is 19.1 Å². The highest BCUT2D eigenvalue weighted by Crippen LogP contribution is 2.60. The number of hydrogen-bond acceptors (Lipinski definition) is 3. The summed E-state index contributed by atoms with van der Waals surface area (Å²) in [6.45, 7) is 0.939. The van der Waals surface area contributed by atoms with E-state index in [2.05, 4.69) is 35.6 Å². The maximum Gasteiger partial charge on any atom is 0.311 e. The molecule has 0 amide bonds. The second-order valence-electron chi connectivity index (χ2n) is 7.63. The number of carbonyl (C=O) groups excluding carboxylic acids is 1. The summed E-state index contributed by atoms with van der Waals surface area (Å²) in [5.41, 5.74) is 1.19. The second-order valence-corrected chi connectivity index (χ2v) is 7.63. The molecule has 0 saturated heterocycles. The van der Waals surface area contributed by atoms with Crippen molar-refractivity contribution in [3.8, 4) is 0 Å². The van der Waals surface area contributed by atoms with Crippen LogP contribution >= 0.6 is 0 Å². The van der Waals surface area contributed by atoms with Gasteiger partial charge in [-0.3, -0.25) is 4.79 Å². The number of ether oxygens (including phenoxy) is 1. The quantitative estimate of drug-likeness (QED) is 0.868. The summed E-state index contributed by atoms with van der Waals surface area (Å²) in [5, 5.41) is 3.80. The molecule has 5 atom stereocenters. The summed E-state index contributed by atoms with van der Waals surface area (Å²) in [6, 6.07) is 11.2. The molecular weight excluding hydrogens is 274 g/mol. The average molecular weight is 299 g/mol. The molecule has 0 radical (unpaired) electrons. The van der Waals surface area contributed by atoms with Gasteiger partial charge in [0.05, 0.1) is 12.5 Å². The summed E-state index contributed by atoms with van der Waals surface area (Å²) in [5.74, 6) is 2.09. The SMILES string of the molecule is COC(=O)C12CC3C[C@H](C1)C(NCc1ccccc1)[C@@H](C3)C2. The van der Waals surface area contributed by atoms with Crippen LogP contribution in [0.25, 0.3) is 0 Å². The third-order valence-corrected chi connectivity index (χ3v) is 6.28. The Kier molecular flexibility index (Phi) is 3.48. The third-order valence-electron chi connectivity index (χ3n) is 6.28. The molecule has 3 nitrogen and oxygen atoms in total. The molecule has 0 heterocycles. The van der Waals surface area contributed by atoms with Gasteiger partial charge in [0.25, 0.3) is 0 Å². The molecule has 4 bridgehead atoms. The van der Waals surface area contributed by atoms with Gasteiger partial charge in [-0.2, -0.15) is 0 Å². The molecule has 4 saturated carbocycles. The van der Waals surface area contributed by atoms with E-state index in [4.69, 9.17) is 4.74 Å². The van der Waals surface area contributed by atoms with Crippen molar-refractivity contribution in [2.75, 3.05) is 7.11 Å². The van der Waals surface area contributed by atoms with Crippen molar-refractivity contribution < 1.29 is 9.53 Å². The summed E-state index contributed by atoms with van der Waals surface area (Å²) in [7, 11) is 1.55. The van der Waals surface area contributed by atoms with E-state index in [0.717, 1.165) is 31.7 Å². The van der Waals surface area contributed by atoms with Crippen LogP contribution in [0.4, 0.5) is 0 Å². The first-order valence-electron chi connectivity index (χ1n) is 8.56. The molecule has 0 spiro atoms. The van der Waals surface area contributed by atoms with Crippen LogP contribution in [0, 0.1) is 23.2 Å². The Morgan fingerprint density at radius 3 is 2.50 bits per heavy atom. The minimum absolute atomic E-state index is 0.0495. The first-order chi connectivity index (χ1) is 10.7. The molecule has 4 fully saturated rings. The fourth-order valence-corrected chi connectivity index (χ4v) is 5.66. The van der Waals surface area contributed by atoms with Crippen LogP contribution in [0.2, 0.25) is 0 Å². The highest BCUT2D eigenvalue weighted by Gasteiger charge is 2.58. The van der Waals surface area contributed by atoms with Crippen molar-refractivity contribution in [3.63, 3.8) is 0 Å². The number of nitrogens with one attached hydrogen (secondary N) is 1. The van der Waals surface area contributed by atoms with Gasteiger partial charge in [-0.25, -0.2) is 0 Å². The molecule has 5 rings (SSSR count). The van der Waals surface area contributed by atoms with E-state index in [1.165, 1.54) is 18.4 Å². The summed E-state index contributed by atoms with van der Waals surface area (Å²) < 4.78 is 5.14. The molecule has 4 aliphatic rings. The molecule has 118 valence electrons. The van der Waals surface area contributed by atoms with Crippen molar-refractivity contribution in [2.24, 2.45) is 23.2 Å². The standard InChI is InChI=1S/C19H25NO2/c1-22-18(21)19-9-14-7-15(10-19)17(16(8-14)11-19)20-12-13-5-3-2-4-6-13/h2-6,14-17,20H,7-12H2,1H3/t14?,15-,16+,17?,19?. The molecule has 0 aliphatic heterocycles. The number of carbonyl (C=O) groups is 1. The molecule has 3 unspecified atom stereocenters. The normalized spacial score (nSPS) is 39.0. The first kappa shape index (κ1) is 14.3. The Balaban J connectivity index is 1.48. The van der Waals surface area contributed by atoms with Gasteiger partial charge in [-0.05, 0) is 55.4 Å². The van der Waals surface area contributed by atoms with Gasteiger partial charge < -0.3 is 10.1 Å². The lowest BCUT2D eigenvalue weighted by atomic mass is 9.48. The van der Waals surface area contributed by atoms with Crippen molar-refractivity contribution in [1.29, 1.82) is 0 Å². The highest BCUT2D eigenvalue weighted by molar-refractivity contribution is 5.77. The zero-order valence-corrected chi connectivity index (χ0v) is 13.3. The Hall–Kier alpha value is -1.35. The first-order valence-corrected chi connectivity index (χ1v) is 8.56. The predicted molar refractivity (Wildman–Crippen MR) is 85.1 cm³/mol. The van der Waals surface area contributed by atoms with Crippen LogP contribution in [0.1, 0.15) is 37.7 Å². The zero-order valence-electron chi connectivity index (χ0n) is 13.3. The van der Waals surface area contributed by atoms with Gasteiger partial charge in [0, 0.05) is 12.6 Å². The van der Waals surface area contributed by atoms with Gasteiger partial charge >= 0.3 is 5.97 Å². The topological polar surface area (TPSA) is 38.3 Å². The van der Waals surface area contributed by atoms with Crippen LogP contribution < -0.4 is 5.32 Å². The van der Waals surface area contributed by atoms with Crippen LogP contribution in [0.3, 0.4) is 0 Å². The predicted octanol–water partition coefficient (Wildman–Crippen LogP) is 3.14. The van der Waals surface area contributed by atoms with E-state index in [9.17, 15) is 4.79 Å². The van der Waals surface area contributed by atoms with Crippen molar-refractivity contribution >= 4 is 5.97 Å². The zero-order chi connectivity index (χ0) is 15.2. The van der Waals surface area contributed by atoms with E-state index < -0.39 is 0 Å². The Bertz CT molecular complexity index is 540. The van der Waals surface area contributed by atoms with Crippen LogP contribution in [0.15, 0.2) is 30.3 Å². The van der Waals surface area contributed by atoms with Crippen molar-refractivity contribution in [2.45, 2.75) is 44.7 Å². The van der Waals surface area contributed by atoms with E-state index in [0.29, 0.717) is 17.9 Å².